The summed E-state index contributed by atoms with van der Waals surface area (Å²) in [6.07, 6.45) is 5.02. The molecule has 2 aromatic rings. The third-order valence-corrected chi connectivity index (χ3v) is 3.01. The lowest BCUT2D eigenvalue weighted by Crippen LogP contribution is -2.01. The first-order valence-electron chi connectivity index (χ1n) is 5.16. The van der Waals surface area contributed by atoms with E-state index in [9.17, 15) is 4.79 Å². The minimum atomic E-state index is -0.371. The number of rotatable bonds is 4. The van der Waals surface area contributed by atoms with Gasteiger partial charge in [-0.3, -0.25) is 10.4 Å². The highest BCUT2D eigenvalue weighted by Crippen LogP contribution is 2.22. The summed E-state index contributed by atoms with van der Waals surface area (Å²) >= 11 is 1.31. The van der Waals surface area contributed by atoms with Crippen molar-refractivity contribution in [1.82, 2.24) is 4.98 Å². The normalized spacial score (nSPS) is 10.5. The molecule has 0 amide bonds. The number of ether oxygens (including phenoxy) is 1. The van der Waals surface area contributed by atoms with Gasteiger partial charge in [-0.2, -0.15) is 5.10 Å². The second kappa shape index (κ2) is 5.92. The van der Waals surface area contributed by atoms with Gasteiger partial charge in [0.25, 0.3) is 0 Å². The second-order valence-corrected chi connectivity index (χ2v) is 4.23. The Bertz CT molecular complexity index is 551. The predicted octanol–water partition coefficient (Wildman–Crippen LogP) is 2.38. The molecule has 0 aliphatic heterocycles. The number of aromatic nitrogens is 1. The maximum Gasteiger partial charge on any atom is 0.350 e. The number of hydrazone groups is 1. The fraction of sp³-hybridized carbons (Fsp3) is 0.0833. The molecule has 5 nitrogen and oxygen atoms in total. The van der Waals surface area contributed by atoms with Gasteiger partial charge in [-0.15, -0.1) is 11.3 Å². The van der Waals surface area contributed by atoms with E-state index in [-0.39, 0.29) is 5.97 Å². The summed E-state index contributed by atoms with van der Waals surface area (Å²) in [6, 6.07) is 5.48. The van der Waals surface area contributed by atoms with Gasteiger partial charge >= 0.3 is 5.97 Å². The van der Waals surface area contributed by atoms with Crippen LogP contribution in [0.15, 0.2) is 41.1 Å². The van der Waals surface area contributed by atoms with Crippen molar-refractivity contribution in [2.24, 2.45) is 5.10 Å². The number of hydrogen-bond acceptors (Lipinski definition) is 6. The molecular weight excluding hydrogens is 250 g/mol. The van der Waals surface area contributed by atoms with Crippen molar-refractivity contribution < 1.29 is 9.53 Å². The minimum absolute atomic E-state index is 0.371. The van der Waals surface area contributed by atoms with Gasteiger partial charge in [-0.25, -0.2) is 4.79 Å². The number of carbonyl (C=O) groups is 1. The lowest BCUT2D eigenvalue weighted by Gasteiger charge is -2.00. The van der Waals surface area contributed by atoms with Crippen LogP contribution in [0.5, 0.6) is 0 Å². The van der Waals surface area contributed by atoms with Crippen molar-refractivity contribution in [3.05, 3.63) is 46.4 Å². The van der Waals surface area contributed by atoms with Crippen LogP contribution in [0.25, 0.3) is 0 Å². The predicted molar refractivity (Wildman–Crippen MR) is 71.1 cm³/mol. The van der Waals surface area contributed by atoms with E-state index in [1.54, 1.807) is 30.1 Å². The molecule has 6 heteroatoms. The van der Waals surface area contributed by atoms with E-state index in [2.05, 4.69) is 20.2 Å². The molecule has 2 heterocycles. The van der Waals surface area contributed by atoms with Gasteiger partial charge in [0.15, 0.2) is 0 Å². The zero-order valence-corrected chi connectivity index (χ0v) is 10.5. The van der Waals surface area contributed by atoms with E-state index in [4.69, 9.17) is 0 Å². The molecule has 0 saturated heterocycles. The Hall–Kier alpha value is -2.21. The van der Waals surface area contributed by atoms with Gasteiger partial charge in [0.05, 0.1) is 19.0 Å². The molecule has 2 aromatic heterocycles. The van der Waals surface area contributed by atoms with Crippen LogP contribution >= 0.6 is 11.3 Å². The summed E-state index contributed by atoms with van der Waals surface area (Å²) < 4.78 is 4.67. The SMILES string of the molecule is COC(=O)c1sccc1N/N=C/c1cccnc1. The van der Waals surface area contributed by atoms with Gasteiger partial charge in [0.2, 0.25) is 0 Å². The number of nitrogens with zero attached hydrogens (tertiary/aromatic N) is 2. The van der Waals surface area contributed by atoms with Crippen LogP contribution in [-0.2, 0) is 4.74 Å². The van der Waals surface area contributed by atoms with Crippen LogP contribution in [-0.4, -0.2) is 24.3 Å². The van der Waals surface area contributed by atoms with Crippen molar-refractivity contribution in [3.63, 3.8) is 0 Å². The monoisotopic (exact) mass is 261 g/mol. The standard InChI is InChI=1S/C12H11N3O2S/c1-17-12(16)11-10(4-6-18-11)15-14-8-9-3-2-5-13-7-9/h2-8,15H,1H3/b14-8+. The molecule has 0 saturated carbocycles. The fourth-order valence-corrected chi connectivity index (χ4v) is 2.04. The topological polar surface area (TPSA) is 63.6 Å². The van der Waals surface area contributed by atoms with Crippen LogP contribution in [0.3, 0.4) is 0 Å². The van der Waals surface area contributed by atoms with Crippen molar-refractivity contribution in [3.8, 4) is 0 Å². The zero-order valence-electron chi connectivity index (χ0n) is 9.66. The molecule has 0 radical (unpaired) electrons. The Kier molecular flexibility index (Phi) is 4.03. The van der Waals surface area contributed by atoms with Gasteiger partial charge in [-0.05, 0) is 17.5 Å². The zero-order chi connectivity index (χ0) is 12.8. The molecule has 0 atom stereocenters. The molecular formula is C12H11N3O2S. The molecule has 2 rings (SSSR count). The second-order valence-electron chi connectivity index (χ2n) is 3.31. The Labute approximate surface area is 108 Å². The Morgan fingerprint density at radius 1 is 1.56 bits per heavy atom. The number of carbonyl (C=O) groups excluding carboxylic acids is 1. The Morgan fingerprint density at radius 2 is 2.44 bits per heavy atom. The highest BCUT2D eigenvalue weighted by molar-refractivity contribution is 7.12. The number of esters is 1. The number of hydrogen-bond donors (Lipinski definition) is 1. The summed E-state index contributed by atoms with van der Waals surface area (Å²) in [5.41, 5.74) is 4.31. The highest BCUT2D eigenvalue weighted by Gasteiger charge is 2.12. The van der Waals surface area contributed by atoms with Crippen LogP contribution in [0, 0.1) is 0 Å². The average molecular weight is 261 g/mol. The van der Waals surface area contributed by atoms with Gasteiger partial charge in [0.1, 0.15) is 4.88 Å². The summed E-state index contributed by atoms with van der Waals surface area (Å²) in [5, 5.41) is 5.85. The number of pyridine rings is 1. The molecule has 0 spiro atoms. The van der Waals surface area contributed by atoms with E-state index in [1.165, 1.54) is 18.4 Å². The largest absolute Gasteiger partial charge is 0.465 e. The maximum absolute atomic E-state index is 11.4. The molecule has 0 fully saturated rings. The Balaban J connectivity index is 2.05. The molecule has 0 bridgehead atoms. The van der Waals surface area contributed by atoms with Gasteiger partial charge < -0.3 is 4.74 Å². The lowest BCUT2D eigenvalue weighted by atomic mass is 10.3. The van der Waals surface area contributed by atoms with Crippen LogP contribution in [0.1, 0.15) is 15.2 Å². The van der Waals surface area contributed by atoms with Crippen LogP contribution in [0.4, 0.5) is 5.69 Å². The van der Waals surface area contributed by atoms with Crippen molar-refractivity contribution in [1.29, 1.82) is 0 Å². The van der Waals surface area contributed by atoms with E-state index < -0.39 is 0 Å². The summed E-state index contributed by atoms with van der Waals surface area (Å²) in [6.45, 7) is 0. The number of thiophene rings is 1. The summed E-state index contributed by atoms with van der Waals surface area (Å²) in [7, 11) is 1.35. The third kappa shape index (κ3) is 2.92. The summed E-state index contributed by atoms with van der Waals surface area (Å²) in [5.74, 6) is -0.371. The number of anilines is 1. The van der Waals surface area contributed by atoms with Crippen LogP contribution in [0.2, 0.25) is 0 Å². The third-order valence-electron chi connectivity index (χ3n) is 2.12. The van der Waals surface area contributed by atoms with Crippen molar-refractivity contribution in [2.45, 2.75) is 0 Å². The Morgan fingerprint density at radius 3 is 3.17 bits per heavy atom. The fourth-order valence-electron chi connectivity index (χ4n) is 1.28. The van der Waals surface area contributed by atoms with E-state index in [0.717, 1.165) is 5.56 Å². The van der Waals surface area contributed by atoms with Gasteiger partial charge in [0, 0.05) is 18.0 Å². The first-order valence-corrected chi connectivity index (χ1v) is 6.04. The molecule has 0 unspecified atom stereocenters. The molecule has 0 aliphatic carbocycles. The van der Waals surface area contributed by atoms with E-state index in [0.29, 0.717) is 10.6 Å². The molecule has 92 valence electrons. The van der Waals surface area contributed by atoms with Crippen molar-refractivity contribution >= 4 is 29.2 Å². The maximum atomic E-state index is 11.4. The van der Waals surface area contributed by atoms with Crippen LogP contribution < -0.4 is 5.43 Å². The smallest absolute Gasteiger partial charge is 0.350 e. The van der Waals surface area contributed by atoms with E-state index in [1.807, 2.05) is 12.1 Å². The first kappa shape index (κ1) is 12.3. The minimum Gasteiger partial charge on any atom is -0.465 e. The molecule has 18 heavy (non-hydrogen) atoms. The summed E-state index contributed by atoms with van der Waals surface area (Å²) in [4.78, 5) is 15.9. The molecule has 0 aromatic carbocycles. The molecule has 1 N–H and O–H groups in total. The average Bonchev–Trinajstić information content (AvgIpc) is 2.87. The first-order chi connectivity index (χ1) is 8.81. The van der Waals surface area contributed by atoms with Crippen molar-refractivity contribution in [2.75, 3.05) is 12.5 Å². The number of nitrogens with one attached hydrogen (secondary N) is 1. The highest BCUT2D eigenvalue weighted by atomic mass is 32.1. The lowest BCUT2D eigenvalue weighted by molar-refractivity contribution is 0.0607. The van der Waals surface area contributed by atoms with E-state index >= 15 is 0 Å². The number of methoxy groups -OCH3 is 1. The molecule has 0 aliphatic rings. The van der Waals surface area contributed by atoms with Gasteiger partial charge in [-0.1, -0.05) is 6.07 Å². The quantitative estimate of drug-likeness (QED) is 0.521.